The highest BCUT2D eigenvalue weighted by Crippen LogP contribution is 2.08. The number of carboxylic acids is 1. The predicted molar refractivity (Wildman–Crippen MR) is 41.4 cm³/mol. The molecule has 0 aromatic rings. The van der Waals surface area contributed by atoms with Gasteiger partial charge in [-0.1, -0.05) is 0 Å². The molecule has 1 heterocycles. The van der Waals surface area contributed by atoms with Crippen molar-refractivity contribution < 1.29 is 9.90 Å². The van der Waals surface area contributed by atoms with Gasteiger partial charge in [0.05, 0.1) is 11.3 Å². The Hall–Kier alpha value is -1.32. The summed E-state index contributed by atoms with van der Waals surface area (Å²) in [5, 5.41) is 11.6. The van der Waals surface area contributed by atoms with Crippen LogP contribution in [0.3, 0.4) is 0 Å². The topological polar surface area (TPSA) is 61.7 Å². The van der Waals surface area contributed by atoms with E-state index in [-0.39, 0.29) is 5.57 Å². The highest BCUT2D eigenvalue weighted by Gasteiger charge is 2.16. The molecule has 0 atom stereocenters. The molecule has 1 aliphatic heterocycles. The second-order valence-corrected chi connectivity index (χ2v) is 2.38. The normalized spacial score (nSPS) is 17.5. The van der Waals surface area contributed by atoms with Crippen LogP contribution in [-0.4, -0.2) is 23.5 Å². The van der Waals surface area contributed by atoms with Crippen molar-refractivity contribution in [1.29, 1.82) is 0 Å². The molecule has 0 fully saturated rings. The molecule has 0 aromatic carbocycles. The van der Waals surface area contributed by atoms with E-state index in [2.05, 4.69) is 10.3 Å². The van der Waals surface area contributed by atoms with Crippen molar-refractivity contribution in [1.82, 2.24) is 5.32 Å². The first-order valence-corrected chi connectivity index (χ1v) is 3.32. The van der Waals surface area contributed by atoms with Crippen molar-refractivity contribution in [2.24, 2.45) is 4.99 Å². The summed E-state index contributed by atoms with van der Waals surface area (Å²) in [5.41, 5.74) is 1.56. The van der Waals surface area contributed by atoms with Gasteiger partial charge >= 0.3 is 5.97 Å². The first-order valence-electron chi connectivity index (χ1n) is 3.32. The molecule has 0 bridgehead atoms. The second-order valence-electron chi connectivity index (χ2n) is 2.38. The van der Waals surface area contributed by atoms with Crippen LogP contribution in [0.1, 0.15) is 13.8 Å². The minimum Gasteiger partial charge on any atom is -0.478 e. The SMILES string of the molecule is CC1=NCNC(C)=C1C(=O)O. The molecule has 0 spiro atoms. The van der Waals surface area contributed by atoms with Crippen LogP contribution < -0.4 is 5.32 Å². The summed E-state index contributed by atoms with van der Waals surface area (Å²) in [6, 6.07) is 0. The molecule has 0 aliphatic carbocycles. The number of nitrogens with zero attached hydrogens (tertiary/aromatic N) is 1. The van der Waals surface area contributed by atoms with Gasteiger partial charge in [-0.05, 0) is 13.8 Å². The third kappa shape index (κ3) is 1.39. The minimum atomic E-state index is -0.920. The van der Waals surface area contributed by atoms with Crippen LogP contribution in [0.15, 0.2) is 16.3 Å². The number of nitrogens with one attached hydrogen (secondary N) is 1. The first kappa shape index (κ1) is 7.78. The zero-order valence-corrected chi connectivity index (χ0v) is 6.51. The van der Waals surface area contributed by atoms with Gasteiger partial charge in [-0.15, -0.1) is 0 Å². The standard InChI is InChI=1S/C7H10N2O2/c1-4-6(7(10)11)5(2)9-3-8-4/h8H,3H2,1-2H3,(H,10,11). The number of carboxylic acid groups (broad SMARTS) is 1. The number of rotatable bonds is 1. The quantitative estimate of drug-likeness (QED) is 0.573. The fourth-order valence-corrected chi connectivity index (χ4v) is 1.03. The van der Waals surface area contributed by atoms with Crippen LogP contribution in [0.2, 0.25) is 0 Å². The maximum atomic E-state index is 10.6. The molecular formula is C7H10N2O2. The van der Waals surface area contributed by atoms with Crippen molar-refractivity contribution in [3.05, 3.63) is 11.3 Å². The summed E-state index contributed by atoms with van der Waals surface area (Å²) < 4.78 is 0. The zero-order valence-electron chi connectivity index (χ0n) is 6.51. The van der Waals surface area contributed by atoms with Crippen LogP contribution in [0, 0.1) is 0 Å². The average molecular weight is 154 g/mol. The highest BCUT2D eigenvalue weighted by atomic mass is 16.4. The fourth-order valence-electron chi connectivity index (χ4n) is 1.03. The summed E-state index contributed by atoms with van der Waals surface area (Å²) in [7, 11) is 0. The molecule has 11 heavy (non-hydrogen) atoms. The molecule has 0 amide bonds. The molecule has 1 aliphatic rings. The summed E-state index contributed by atoms with van der Waals surface area (Å²) >= 11 is 0. The Morgan fingerprint density at radius 2 is 2.27 bits per heavy atom. The van der Waals surface area contributed by atoms with Gasteiger partial charge in [0, 0.05) is 5.70 Å². The van der Waals surface area contributed by atoms with E-state index in [1.54, 1.807) is 13.8 Å². The van der Waals surface area contributed by atoms with Crippen molar-refractivity contribution >= 4 is 11.7 Å². The van der Waals surface area contributed by atoms with Crippen molar-refractivity contribution in [3.8, 4) is 0 Å². The van der Waals surface area contributed by atoms with E-state index in [4.69, 9.17) is 5.11 Å². The fraction of sp³-hybridized carbons (Fsp3) is 0.429. The lowest BCUT2D eigenvalue weighted by molar-refractivity contribution is -0.132. The van der Waals surface area contributed by atoms with Crippen LogP contribution in [0.25, 0.3) is 0 Å². The lowest BCUT2D eigenvalue weighted by Crippen LogP contribution is -2.25. The van der Waals surface area contributed by atoms with Crippen molar-refractivity contribution in [2.75, 3.05) is 6.67 Å². The average Bonchev–Trinajstić information content (AvgIpc) is 1.85. The molecule has 4 heteroatoms. The van der Waals surface area contributed by atoms with Gasteiger partial charge in [0.25, 0.3) is 0 Å². The smallest absolute Gasteiger partial charge is 0.339 e. The molecule has 1 rings (SSSR count). The van der Waals surface area contributed by atoms with Crippen LogP contribution >= 0.6 is 0 Å². The highest BCUT2D eigenvalue weighted by molar-refractivity contribution is 6.19. The Kier molecular flexibility index (Phi) is 1.94. The minimum absolute atomic E-state index is 0.288. The van der Waals surface area contributed by atoms with E-state index in [1.807, 2.05) is 0 Å². The van der Waals surface area contributed by atoms with E-state index in [1.165, 1.54) is 0 Å². The van der Waals surface area contributed by atoms with Gasteiger partial charge in [-0.2, -0.15) is 0 Å². The van der Waals surface area contributed by atoms with Gasteiger partial charge in [-0.25, -0.2) is 4.79 Å². The second kappa shape index (κ2) is 2.74. The third-order valence-corrected chi connectivity index (χ3v) is 1.61. The molecule has 0 aromatic heterocycles. The lowest BCUT2D eigenvalue weighted by atomic mass is 10.1. The Morgan fingerprint density at radius 3 is 2.64 bits per heavy atom. The summed E-state index contributed by atoms with van der Waals surface area (Å²) in [6.07, 6.45) is 0. The Morgan fingerprint density at radius 1 is 1.64 bits per heavy atom. The molecule has 4 nitrogen and oxygen atoms in total. The lowest BCUT2D eigenvalue weighted by Gasteiger charge is -2.14. The Labute approximate surface area is 64.6 Å². The number of aliphatic imine (C=N–C) groups is 1. The number of aliphatic carboxylic acids is 1. The zero-order chi connectivity index (χ0) is 8.43. The predicted octanol–water partition coefficient (Wildman–Crippen LogP) is 0.367. The molecule has 0 saturated carbocycles. The van der Waals surface area contributed by atoms with E-state index < -0.39 is 5.97 Å². The number of hydrogen-bond acceptors (Lipinski definition) is 3. The molecule has 0 saturated heterocycles. The molecule has 0 unspecified atom stereocenters. The molecule has 60 valence electrons. The van der Waals surface area contributed by atoms with Gasteiger partial charge in [-0.3, -0.25) is 4.99 Å². The number of hydrogen-bond donors (Lipinski definition) is 2. The van der Waals surface area contributed by atoms with Crippen molar-refractivity contribution in [2.45, 2.75) is 13.8 Å². The van der Waals surface area contributed by atoms with Crippen LogP contribution in [-0.2, 0) is 4.79 Å². The monoisotopic (exact) mass is 154 g/mol. The first-order chi connectivity index (χ1) is 5.13. The van der Waals surface area contributed by atoms with Gasteiger partial charge in [0.2, 0.25) is 0 Å². The van der Waals surface area contributed by atoms with E-state index >= 15 is 0 Å². The Bertz CT molecular complexity index is 253. The van der Waals surface area contributed by atoms with Crippen LogP contribution in [0.5, 0.6) is 0 Å². The van der Waals surface area contributed by atoms with Gasteiger partial charge in [0.15, 0.2) is 0 Å². The molecule has 2 N–H and O–H groups in total. The molecular weight excluding hydrogens is 144 g/mol. The third-order valence-electron chi connectivity index (χ3n) is 1.61. The van der Waals surface area contributed by atoms with E-state index in [0.29, 0.717) is 18.1 Å². The summed E-state index contributed by atoms with van der Waals surface area (Å²) in [6.45, 7) is 3.92. The summed E-state index contributed by atoms with van der Waals surface area (Å²) in [5.74, 6) is -0.920. The van der Waals surface area contributed by atoms with Crippen LogP contribution in [0.4, 0.5) is 0 Å². The van der Waals surface area contributed by atoms with Gasteiger partial charge < -0.3 is 10.4 Å². The van der Waals surface area contributed by atoms with Gasteiger partial charge in [0.1, 0.15) is 6.67 Å². The Balaban J connectivity index is 3.04. The maximum absolute atomic E-state index is 10.6. The van der Waals surface area contributed by atoms with Crippen molar-refractivity contribution in [3.63, 3.8) is 0 Å². The van der Waals surface area contributed by atoms with E-state index in [9.17, 15) is 4.79 Å². The largest absolute Gasteiger partial charge is 0.478 e. The molecule has 0 radical (unpaired) electrons. The number of carbonyl (C=O) groups is 1. The maximum Gasteiger partial charge on any atom is 0.339 e. The number of allylic oxidation sites excluding steroid dienone is 1. The van der Waals surface area contributed by atoms with E-state index in [0.717, 1.165) is 0 Å². The summed E-state index contributed by atoms with van der Waals surface area (Å²) in [4.78, 5) is 14.5.